The van der Waals surface area contributed by atoms with Crippen molar-refractivity contribution >= 4 is 34.4 Å². The zero-order chi connectivity index (χ0) is 14.9. The van der Waals surface area contributed by atoms with Crippen molar-refractivity contribution in [3.63, 3.8) is 0 Å². The van der Waals surface area contributed by atoms with Crippen molar-refractivity contribution in [2.24, 2.45) is 0 Å². The number of carbonyl (C=O) groups excluding carboxylic acids is 2. The summed E-state index contributed by atoms with van der Waals surface area (Å²) in [5, 5.41) is 8.95. The summed E-state index contributed by atoms with van der Waals surface area (Å²) in [6.07, 6.45) is 0.307. The number of benzene rings is 1. The molecule has 1 amide bonds. The van der Waals surface area contributed by atoms with E-state index >= 15 is 0 Å². The molecule has 1 aromatic rings. The van der Waals surface area contributed by atoms with E-state index in [-0.39, 0.29) is 21.8 Å². The van der Waals surface area contributed by atoms with Gasteiger partial charge in [0.25, 0.3) is 0 Å². The van der Waals surface area contributed by atoms with Gasteiger partial charge in [0.1, 0.15) is 0 Å². The second kappa shape index (κ2) is 5.66. The number of anilines is 1. The summed E-state index contributed by atoms with van der Waals surface area (Å²) >= 11 is 1.16. The Morgan fingerprint density at radius 3 is 2.70 bits per heavy atom. The minimum absolute atomic E-state index is 0.0133. The summed E-state index contributed by atoms with van der Waals surface area (Å²) < 4.78 is 0. The molecule has 0 saturated carbocycles. The molecule has 5 nitrogen and oxygen atoms in total. The van der Waals surface area contributed by atoms with E-state index in [1.54, 1.807) is 11.0 Å². The molecule has 0 aliphatic carbocycles. The Labute approximate surface area is 121 Å². The SMILES string of the molecule is CC(=O)SC1CC(=O)N(c2cc(C(=O)O)ccc2C)C1. The van der Waals surface area contributed by atoms with E-state index in [2.05, 4.69) is 0 Å². The van der Waals surface area contributed by atoms with Crippen LogP contribution in [0.1, 0.15) is 29.3 Å². The average molecular weight is 293 g/mol. The fraction of sp³-hybridized carbons (Fsp3) is 0.357. The Hall–Kier alpha value is -1.82. The van der Waals surface area contributed by atoms with Gasteiger partial charge in [-0.05, 0) is 24.6 Å². The molecule has 0 bridgehead atoms. The lowest BCUT2D eigenvalue weighted by atomic mass is 10.1. The molecule has 20 heavy (non-hydrogen) atoms. The standard InChI is InChI=1S/C14H15NO4S/c1-8-3-4-10(14(18)19)5-12(8)15-7-11(6-13(15)17)20-9(2)16/h3-5,11H,6-7H2,1-2H3,(H,18,19). The third-order valence-corrected chi connectivity index (χ3v) is 4.15. The molecule has 1 saturated heterocycles. The van der Waals surface area contributed by atoms with Crippen LogP contribution in [-0.2, 0) is 9.59 Å². The number of amides is 1. The molecule has 1 fully saturated rings. The van der Waals surface area contributed by atoms with E-state index < -0.39 is 5.97 Å². The highest BCUT2D eigenvalue weighted by Crippen LogP contribution is 2.31. The number of hydrogen-bond acceptors (Lipinski definition) is 4. The van der Waals surface area contributed by atoms with Crippen molar-refractivity contribution in [2.45, 2.75) is 25.5 Å². The summed E-state index contributed by atoms with van der Waals surface area (Å²) in [7, 11) is 0. The number of hydrogen-bond donors (Lipinski definition) is 1. The third-order valence-electron chi connectivity index (χ3n) is 3.17. The fourth-order valence-electron chi connectivity index (χ4n) is 2.25. The Morgan fingerprint density at radius 1 is 1.40 bits per heavy atom. The maximum Gasteiger partial charge on any atom is 0.335 e. The minimum atomic E-state index is -1.02. The summed E-state index contributed by atoms with van der Waals surface area (Å²) in [6.45, 7) is 3.75. The van der Waals surface area contributed by atoms with E-state index in [1.807, 2.05) is 6.92 Å². The van der Waals surface area contributed by atoms with Crippen LogP contribution in [0.2, 0.25) is 0 Å². The molecule has 106 valence electrons. The first kappa shape index (κ1) is 14.6. The molecule has 1 unspecified atom stereocenters. The van der Waals surface area contributed by atoms with Crippen LogP contribution in [0.3, 0.4) is 0 Å². The molecular weight excluding hydrogens is 278 g/mol. The topological polar surface area (TPSA) is 74.7 Å². The van der Waals surface area contributed by atoms with Gasteiger partial charge in [0.15, 0.2) is 5.12 Å². The molecule has 1 N–H and O–H groups in total. The molecule has 2 rings (SSSR count). The van der Waals surface area contributed by atoms with Crippen molar-refractivity contribution in [1.82, 2.24) is 0 Å². The van der Waals surface area contributed by atoms with Gasteiger partial charge in [-0.15, -0.1) is 0 Å². The quantitative estimate of drug-likeness (QED) is 0.923. The zero-order valence-electron chi connectivity index (χ0n) is 11.3. The van der Waals surface area contributed by atoms with Gasteiger partial charge in [0, 0.05) is 30.8 Å². The highest BCUT2D eigenvalue weighted by molar-refractivity contribution is 8.14. The fourth-order valence-corrected chi connectivity index (χ4v) is 3.17. The molecule has 1 aliphatic heterocycles. The van der Waals surface area contributed by atoms with Crippen molar-refractivity contribution in [2.75, 3.05) is 11.4 Å². The summed E-state index contributed by atoms with van der Waals surface area (Å²) in [6, 6.07) is 4.72. The van der Waals surface area contributed by atoms with Crippen LogP contribution in [0.4, 0.5) is 5.69 Å². The second-order valence-corrected chi connectivity index (χ2v) is 6.22. The highest BCUT2D eigenvalue weighted by atomic mass is 32.2. The van der Waals surface area contributed by atoms with Crippen LogP contribution >= 0.6 is 11.8 Å². The molecule has 0 radical (unpaired) electrons. The number of aromatic carboxylic acids is 1. The van der Waals surface area contributed by atoms with Gasteiger partial charge >= 0.3 is 5.97 Å². The van der Waals surface area contributed by atoms with E-state index in [0.29, 0.717) is 18.7 Å². The Balaban J connectivity index is 2.27. The molecule has 1 heterocycles. The lowest BCUT2D eigenvalue weighted by molar-refractivity contribution is -0.117. The number of nitrogens with zero attached hydrogens (tertiary/aromatic N) is 1. The van der Waals surface area contributed by atoms with Crippen LogP contribution < -0.4 is 4.90 Å². The Kier molecular flexibility index (Phi) is 4.13. The lowest BCUT2D eigenvalue weighted by Crippen LogP contribution is -2.26. The molecular formula is C14H15NO4S. The predicted molar refractivity (Wildman–Crippen MR) is 77.2 cm³/mol. The number of aryl methyl sites for hydroxylation is 1. The summed E-state index contributed by atoms with van der Waals surface area (Å²) in [5.74, 6) is -1.10. The smallest absolute Gasteiger partial charge is 0.335 e. The van der Waals surface area contributed by atoms with E-state index in [1.165, 1.54) is 19.1 Å². The van der Waals surface area contributed by atoms with Gasteiger partial charge in [0.05, 0.1) is 5.56 Å². The van der Waals surface area contributed by atoms with Crippen molar-refractivity contribution in [3.8, 4) is 0 Å². The molecule has 1 aromatic carbocycles. The summed E-state index contributed by atoms with van der Waals surface area (Å²) in [5.41, 5.74) is 1.61. The molecule has 0 spiro atoms. The highest BCUT2D eigenvalue weighted by Gasteiger charge is 2.32. The van der Waals surface area contributed by atoms with Gasteiger partial charge < -0.3 is 10.0 Å². The molecule has 0 aromatic heterocycles. The van der Waals surface area contributed by atoms with Crippen LogP contribution in [-0.4, -0.2) is 33.9 Å². The number of carboxylic acid groups (broad SMARTS) is 1. The van der Waals surface area contributed by atoms with Crippen molar-refractivity contribution < 1.29 is 19.5 Å². The Morgan fingerprint density at radius 2 is 2.10 bits per heavy atom. The van der Waals surface area contributed by atoms with Gasteiger partial charge in [-0.2, -0.15) is 0 Å². The first-order valence-corrected chi connectivity index (χ1v) is 7.08. The number of thioether (sulfide) groups is 1. The van der Waals surface area contributed by atoms with Crippen LogP contribution in [0.25, 0.3) is 0 Å². The Bertz CT molecular complexity index is 585. The van der Waals surface area contributed by atoms with Gasteiger partial charge in [0.2, 0.25) is 5.91 Å². The lowest BCUT2D eigenvalue weighted by Gasteiger charge is -2.19. The third kappa shape index (κ3) is 3.01. The van der Waals surface area contributed by atoms with E-state index in [9.17, 15) is 14.4 Å². The van der Waals surface area contributed by atoms with Crippen molar-refractivity contribution in [1.29, 1.82) is 0 Å². The van der Waals surface area contributed by atoms with Crippen LogP contribution in [0.5, 0.6) is 0 Å². The summed E-state index contributed by atoms with van der Waals surface area (Å²) in [4.78, 5) is 35.8. The van der Waals surface area contributed by atoms with Crippen molar-refractivity contribution in [3.05, 3.63) is 29.3 Å². The second-order valence-electron chi connectivity index (χ2n) is 4.75. The van der Waals surface area contributed by atoms with E-state index in [4.69, 9.17) is 5.11 Å². The van der Waals surface area contributed by atoms with Gasteiger partial charge in [-0.1, -0.05) is 17.8 Å². The normalized spacial score (nSPS) is 18.4. The molecule has 1 aliphatic rings. The molecule has 6 heteroatoms. The van der Waals surface area contributed by atoms with Gasteiger partial charge in [-0.3, -0.25) is 9.59 Å². The van der Waals surface area contributed by atoms with E-state index in [0.717, 1.165) is 17.3 Å². The average Bonchev–Trinajstić information content (AvgIpc) is 2.69. The minimum Gasteiger partial charge on any atom is -0.478 e. The van der Waals surface area contributed by atoms with Crippen LogP contribution in [0, 0.1) is 6.92 Å². The maximum absolute atomic E-state index is 12.1. The predicted octanol–water partition coefficient (Wildman–Crippen LogP) is 2.08. The van der Waals surface area contributed by atoms with Crippen LogP contribution in [0.15, 0.2) is 18.2 Å². The molecule has 1 atom stereocenters. The maximum atomic E-state index is 12.1. The monoisotopic (exact) mass is 293 g/mol. The first-order valence-electron chi connectivity index (χ1n) is 6.20. The zero-order valence-corrected chi connectivity index (χ0v) is 12.1. The van der Waals surface area contributed by atoms with Gasteiger partial charge in [-0.25, -0.2) is 4.79 Å². The largest absolute Gasteiger partial charge is 0.478 e. The number of rotatable bonds is 3. The number of carbonyl (C=O) groups is 3. The number of carboxylic acids is 1. The first-order chi connectivity index (χ1) is 9.38.